The molecule has 7 nitrogen and oxygen atoms in total. The van der Waals surface area contributed by atoms with Crippen LogP contribution in [0.4, 0.5) is 5.82 Å². The molecule has 34 heavy (non-hydrogen) atoms. The number of nitrogens with zero attached hydrogens (tertiary/aromatic N) is 4. The lowest BCUT2D eigenvalue weighted by atomic mass is 10.1. The molecule has 1 amide bonds. The number of fused-ring (bicyclic) bond motifs is 1. The molecule has 3 heterocycles. The van der Waals surface area contributed by atoms with Gasteiger partial charge in [0.1, 0.15) is 23.1 Å². The second-order valence-electron chi connectivity index (χ2n) is 8.60. The third kappa shape index (κ3) is 5.18. The zero-order chi connectivity index (χ0) is 23.9. The van der Waals surface area contributed by atoms with Crippen molar-refractivity contribution in [2.24, 2.45) is 0 Å². The second-order valence-corrected chi connectivity index (χ2v) is 8.60. The van der Waals surface area contributed by atoms with Crippen LogP contribution in [0.5, 0.6) is 0 Å². The van der Waals surface area contributed by atoms with Crippen LogP contribution in [0.3, 0.4) is 0 Å². The summed E-state index contributed by atoms with van der Waals surface area (Å²) in [6.45, 7) is 3.90. The molecule has 1 aliphatic rings. The number of nitrogens with one attached hydrogen (secondary N) is 1. The first kappa shape index (κ1) is 23.2. The minimum absolute atomic E-state index is 0.101. The lowest BCUT2D eigenvalue weighted by Gasteiger charge is -2.24. The first-order valence-electron chi connectivity index (χ1n) is 11.8. The van der Waals surface area contributed by atoms with Crippen molar-refractivity contribution in [1.82, 2.24) is 14.7 Å². The highest BCUT2D eigenvalue weighted by Crippen LogP contribution is 2.23. The van der Waals surface area contributed by atoms with Gasteiger partial charge in [0.25, 0.3) is 11.5 Å². The Morgan fingerprint density at radius 2 is 1.85 bits per heavy atom. The highest BCUT2D eigenvalue weighted by molar-refractivity contribution is 6.02. The van der Waals surface area contributed by atoms with Crippen LogP contribution in [0.2, 0.25) is 0 Å². The van der Waals surface area contributed by atoms with E-state index in [1.165, 1.54) is 10.5 Å². The molecular weight excluding hydrogens is 426 g/mol. The third-order valence-corrected chi connectivity index (χ3v) is 6.17. The van der Waals surface area contributed by atoms with Gasteiger partial charge in [-0.3, -0.25) is 14.0 Å². The molecule has 174 valence electrons. The number of amides is 1. The van der Waals surface area contributed by atoms with E-state index >= 15 is 0 Å². The smallest absolute Gasteiger partial charge is 0.267 e. The largest absolute Gasteiger partial charge is 0.356 e. The summed E-state index contributed by atoms with van der Waals surface area (Å²) in [4.78, 5) is 33.3. The average Bonchev–Trinajstić information content (AvgIpc) is 3.14. The van der Waals surface area contributed by atoms with Gasteiger partial charge < -0.3 is 10.2 Å². The lowest BCUT2D eigenvalue weighted by Crippen LogP contribution is -2.31. The first-order valence-corrected chi connectivity index (χ1v) is 11.8. The highest BCUT2D eigenvalue weighted by Gasteiger charge is 2.21. The highest BCUT2D eigenvalue weighted by atomic mass is 16.1. The molecule has 0 spiro atoms. The van der Waals surface area contributed by atoms with E-state index < -0.39 is 5.91 Å². The Morgan fingerprint density at radius 1 is 1.12 bits per heavy atom. The quantitative estimate of drug-likeness (QED) is 0.453. The van der Waals surface area contributed by atoms with Crippen LogP contribution in [-0.4, -0.2) is 34.9 Å². The number of benzene rings is 1. The molecule has 1 fully saturated rings. The number of aryl methyl sites for hydroxylation is 1. The SMILES string of the molecule is Cc1cccn2c(=O)c(C=C(C#N)C(=O)NCCc3ccccc3)c(N3CCCCCC3)nc12. The fourth-order valence-electron chi connectivity index (χ4n) is 4.30. The topological polar surface area (TPSA) is 90.5 Å². The van der Waals surface area contributed by atoms with E-state index in [0.717, 1.165) is 49.9 Å². The molecule has 3 aromatic rings. The van der Waals surface area contributed by atoms with Crippen LogP contribution >= 0.6 is 0 Å². The van der Waals surface area contributed by atoms with E-state index in [0.29, 0.717) is 24.4 Å². The zero-order valence-electron chi connectivity index (χ0n) is 19.5. The zero-order valence-corrected chi connectivity index (χ0v) is 19.5. The maximum Gasteiger partial charge on any atom is 0.267 e. The minimum Gasteiger partial charge on any atom is -0.356 e. The molecule has 0 saturated carbocycles. The summed E-state index contributed by atoms with van der Waals surface area (Å²) in [5, 5.41) is 12.6. The molecule has 1 aliphatic heterocycles. The number of rotatable bonds is 6. The fraction of sp³-hybridized carbons (Fsp3) is 0.333. The molecule has 1 N–H and O–H groups in total. The van der Waals surface area contributed by atoms with Gasteiger partial charge in [-0.15, -0.1) is 0 Å². The van der Waals surface area contributed by atoms with Crippen LogP contribution in [0.1, 0.15) is 42.4 Å². The Kier molecular flexibility index (Phi) is 7.38. The van der Waals surface area contributed by atoms with E-state index in [4.69, 9.17) is 4.98 Å². The van der Waals surface area contributed by atoms with Gasteiger partial charge in [-0.25, -0.2) is 4.98 Å². The Morgan fingerprint density at radius 3 is 2.56 bits per heavy atom. The van der Waals surface area contributed by atoms with Gasteiger partial charge in [-0.2, -0.15) is 5.26 Å². The van der Waals surface area contributed by atoms with E-state index in [9.17, 15) is 14.9 Å². The minimum atomic E-state index is -0.492. The van der Waals surface area contributed by atoms with Crippen molar-refractivity contribution in [3.8, 4) is 6.07 Å². The van der Waals surface area contributed by atoms with Crippen molar-refractivity contribution in [3.63, 3.8) is 0 Å². The normalized spacial score (nSPS) is 14.5. The van der Waals surface area contributed by atoms with Crippen LogP contribution in [0.15, 0.2) is 59.0 Å². The molecule has 1 saturated heterocycles. The van der Waals surface area contributed by atoms with Crippen LogP contribution in [-0.2, 0) is 11.2 Å². The monoisotopic (exact) mass is 455 g/mol. The molecule has 0 unspecified atom stereocenters. The van der Waals surface area contributed by atoms with Gasteiger partial charge in [-0.05, 0) is 49.5 Å². The molecule has 0 atom stereocenters. The third-order valence-electron chi connectivity index (χ3n) is 6.17. The Hall–Kier alpha value is -3.92. The van der Waals surface area contributed by atoms with E-state index in [1.54, 1.807) is 12.3 Å². The maximum atomic E-state index is 13.5. The predicted molar refractivity (Wildman–Crippen MR) is 134 cm³/mol. The number of hydrogen-bond donors (Lipinski definition) is 1. The van der Waals surface area contributed by atoms with Crippen molar-refractivity contribution in [3.05, 3.63) is 81.3 Å². The molecule has 0 radical (unpaired) electrons. The van der Waals surface area contributed by atoms with Gasteiger partial charge in [0.2, 0.25) is 0 Å². The Bertz CT molecular complexity index is 1300. The van der Waals surface area contributed by atoms with Gasteiger partial charge >= 0.3 is 0 Å². The standard InChI is InChI=1S/C27H29N5O2/c1-20-10-9-17-32-24(20)30-25(31-15-7-2-3-8-16-31)23(27(32)34)18-22(19-28)26(33)29-14-13-21-11-5-4-6-12-21/h4-6,9-12,17-18H,2-3,7-8,13-16H2,1H3,(H,29,33). The summed E-state index contributed by atoms with van der Waals surface area (Å²) in [7, 11) is 0. The molecule has 0 aliphatic carbocycles. The summed E-state index contributed by atoms with van der Waals surface area (Å²) < 4.78 is 1.49. The number of carbonyl (C=O) groups is 1. The predicted octanol–water partition coefficient (Wildman–Crippen LogP) is 3.65. The Balaban J connectivity index is 1.69. The number of hydrogen-bond acceptors (Lipinski definition) is 5. The maximum absolute atomic E-state index is 13.5. The van der Waals surface area contributed by atoms with Gasteiger partial charge in [0.15, 0.2) is 0 Å². The van der Waals surface area contributed by atoms with Crippen molar-refractivity contribution >= 4 is 23.4 Å². The van der Waals surface area contributed by atoms with E-state index in [-0.39, 0.29) is 16.7 Å². The van der Waals surface area contributed by atoms with Crippen molar-refractivity contribution < 1.29 is 4.79 Å². The van der Waals surface area contributed by atoms with E-state index in [2.05, 4.69) is 10.2 Å². The summed E-state index contributed by atoms with van der Waals surface area (Å²) in [5.74, 6) is 0.0556. The van der Waals surface area contributed by atoms with Gasteiger partial charge in [0, 0.05) is 25.8 Å². The van der Waals surface area contributed by atoms with Gasteiger partial charge in [-0.1, -0.05) is 49.2 Å². The first-order chi connectivity index (χ1) is 16.6. The number of pyridine rings is 1. The second kappa shape index (κ2) is 10.8. The van der Waals surface area contributed by atoms with Gasteiger partial charge in [0.05, 0.1) is 5.56 Å². The molecule has 1 aromatic carbocycles. The molecule has 7 heteroatoms. The lowest BCUT2D eigenvalue weighted by molar-refractivity contribution is -0.117. The molecule has 2 aromatic heterocycles. The van der Waals surface area contributed by atoms with Crippen molar-refractivity contribution in [2.45, 2.75) is 39.0 Å². The van der Waals surface area contributed by atoms with Crippen molar-refractivity contribution in [2.75, 3.05) is 24.5 Å². The van der Waals surface area contributed by atoms with Crippen LogP contribution in [0, 0.1) is 18.3 Å². The molecule has 0 bridgehead atoms. The van der Waals surface area contributed by atoms with Crippen molar-refractivity contribution in [1.29, 1.82) is 5.26 Å². The Labute approximate surface area is 199 Å². The summed E-state index contributed by atoms with van der Waals surface area (Å²) >= 11 is 0. The number of nitriles is 1. The number of aromatic nitrogens is 2. The average molecular weight is 456 g/mol. The summed E-state index contributed by atoms with van der Waals surface area (Å²) in [5.41, 5.74) is 2.48. The number of anilines is 1. The van der Waals surface area contributed by atoms with Crippen LogP contribution < -0.4 is 15.8 Å². The fourth-order valence-corrected chi connectivity index (χ4v) is 4.30. The summed E-state index contributed by atoms with van der Waals surface area (Å²) in [6, 6.07) is 15.5. The molecular formula is C27H29N5O2. The summed E-state index contributed by atoms with van der Waals surface area (Å²) in [6.07, 6.45) is 8.05. The number of carbonyl (C=O) groups excluding carboxylic acids is 1. The molecule has 4 rings (SSSR count). The van der Waals surface area contributed by atoms with E-state index in [1.807, 2.05) is 49.4 Å². The van der Waals surface area contributed by atoms with Crippen LogP contribution in [0.25, 0.3) is 11.7 Å².